The van der Waals surface area contributed by atoms with Gasteiger partial charge in [-0.1, -0.05) is 0 Å². The number of hydrogen-bond donors (Lipinski definition) is 1. The largest absolute Gasteiger partial charge is 0.381 e. The Bertz CT molecular complexity index is 442. The van der Waals surface area contributed by atoms with Gasteiger partial charge in [-0.25, -0.2) is 9.97 Å². The van der Waals surface area contributed by atoms with E-state index in [1.165, 1.54) is 18.4 Å². The zero-order chi connectivity index (χ0) is 13.9. The van der Waals surface area contributed by atoms with E-state index in [0.717, 1.165) is 62.3 Å². The molecular formula is C16H25N3O. The highest BCUT2D eigenvalue weighted by atomic mass is 16.5. The molecule has 4 nitrogen and oxygen atoms in total. The standard InChI is InChI=1S/C16H25N3O/c1-11-15(5-8-17-14-3-4-14)12(2)19-16(18-11)13-6-9-20-10-7-13/h13-14,17H,3-10H2,1-2H3. The van der Waals surface area contributed by atoms with Crippen LogP contribution in [-0.4, -0.2) is 35.8 Å². The molecule has 1 saturated heterocycles. The molecule has 1 aliphatic carbocycles. The summed E-state index contributed by atoms with van der Waals surface area (Å²) < 4.78 is 5.42. The minimum absolute atomic E-state index is 0.486. The predicted octanol–water partition coefficient (Wildman–Crippen LogP) is 2.28. The molecule has 2 heterocycles. The molecule has 4 heteroatoms. The molecular weight excluding hydrogens is 250 g/mol. The third kappa shape index (κ3) is 3.36. The van der Waals surface area contributed by atoms with E-state index in [-0.39, 0.29) is 0 Å². The smallest absolute Gasteiger partial charge is 0.132 e. The molecule has 0 aromatic carbocycles. The monoisotopic (exact) mass is 275 g/mol. The van der Waals surface area contributed by atoms with Crippen molar-refractivity contribution in [3.63, 3.8) is 0 Å². The first-order valence-electron chi connectivity index (χ1n) is 7.89. The maximum atomic E-state index is 5.42. The van der Waals surface area contributed by atoms with Crippen molar-refractivity contribution in [1.29, 1.82) is 0 Å². The van der Waals surface area contributed by atoms with E-state index in [2.05, 4.69) is 19.2 Å². The second-order valence-electron chi connectivity index (χ2n) is 6.10. The van der Waals surface area contributed by atoms with Crippen LogP contribution in [0.15, 0.2) is 0 Å². The van der Waals surface area contributed by atoms with Crippen molar-refractivity contribution in [3.8, 4) is 0 Å². The number of hydrogen-bond acceptors (Lipinski definition) is 4. The molecule has 0 radical (unpaired) electrons. The lowest BCUT2D eigenvalue weighted by atomic mass is 9.98. The lowest BCUT2D eigenvalue weighted by molar-refractivity contribution is 0.0835. The van der Waals surface area contributed by atoms with Gasteiger partial charge in [-0.05, 0) is 58.1 Å². The molecule has 1 N–H and O–H groups in total. The minimum Gasteiger partial charge on any atom is -0.381 e. The maximum Gasteiger partial charge on any atom is 0.132 e. The maximum absolute atomic E-state index is 5.42. The zero-order valence-corrected chi connectivity index (χ0v) is 12.6. The van der Waals surface area contributed by atoms with Crippen LogP contribution in [-0.2, 0) is 11.2 Å². The van der Waals surface area contributed by atoms with Crippen LogP contribution < -0.4 is 5.32 Å². The number of nitrogens with one attached hydrogen (secondary N) is 1. The van der Waals surface area contributed by atoms with E-state index in [0.29, 0.717) is 5.92 Å². The van der Waals surface area contributed by atoms with Gasteiger partial charge in [0.25, 0.3) is 0 Å². The van der Waals surface area contributed by atoms with Crippen LogP contribution in [0.2, 0.25) is 0 Å². The van der Waals surface area contributed by atoms with Crippen LogP contribution in [0.3, 0.4) is 0 Å². The van der Waals surface area contributed by atoms with Crippen molar-refractivity contribution in [2.45, 2.75) is 57.9 Å². The van der Waals surface area contributed by atoms with E-state index >= 15 is 0 Å². The summed E-state index contributed by atoms with van der Waals surface area (Å²) in [6, 6.07) is 0.776. The first kappa shape index (κ1) is 14.0. The van der Waals surface area contributed by atoms with Crippen molar-refractivity contribution in [1.82, 2.24) is 15.3 Å². The number of aromatic nitrogens is 2. The zero-order valence-electron chi connectivity index (χ0n) is 12.6. The quantitative estimate of drug-likeness (QED) is 0.895. The number of nitrogens with zero attached hydrogens (tertiary/aromatic N) is 2. The Labute approximate surface area is 121 Å². The molecule has 3 rings (SSSR count). The van der Waals surface area contributed by atoms with Crippen LogP contribution in [0.1, 0.15) is 54.4 Å². The van der Waals surface area contributed by atoms with Gasteiger partial charge in [0.05, 0.1) is 0 Å². The number of rotatable bonds is 5. The fraction of sp³-hybridized carbons (Fsp3) is 0.750. The summed E-state index contributed by atoms with van der Waals surface area (Å²) in [4.78, 5) is 9.55. The molecule has 2 fully saturated rings. The second kappa shape index (κ2) is 6.19. The van der Waals surface area contributed by atoms with E-state index in [4.69, 9.17) is 14.7 Å². The van der Waals surface area contributed by atoms with Crippen molar-refractivity contribution in [2.75, 3.05) is 19.8 Å². The van der Waals surface area contributed by atoms with Crippen LogP contribution in [0, 0.1) is 13.8 Å². The average Bonchev–Trinajstić information content (AvgIpc) is 3.27. The second-order valence-corrected chi connectivity index (χ2v) is 6.10. The Morgan fingerprint density at radius 3 is 2.30 bits per heavy atom. The fourth-order valence-electron chi connectivity index (χ4n) is 2.95. The Morgan fingerprint density at radius 2 is 1.70 bits per heavy atom. The molecule has 1 aromatic rings. The average molecular weight is 275 g/mol. The molecule has 0 amide bonds. The van der Waals surface area contributed by atoms with Crippen LogP contribution in [0.4, 0.5) is 0 Å². The van der Waals surface area contributed by atoms with Gasteiger partial charge < -0.3 is 10.1 Å². The summed E-state index contributed by atoms with van der Waals surface area (Å²) in [5.41, 5.74) is 3.65. The van der Waals surface area contributed by atoms with E-state index < -0.39 is 0 Å². The lowest BCUT2D eigenvalue weighted by Gasteiger charge is -2.22. The molecule has 110 valence electrons. The Kier molecular flexibility index (Phi) is 4.32. The predicted molar refractivity (Wildman–Crippen MR) is 79.0 cm³/mol. The fourth-order valence-corrected chi connectivity index (χ4v) is 2.95. The molecule has 2 aliphatic rings. The number of aryl methyl sites for hydroxylation is 2. The molecule has 0 bridgehead atoms. The summed E-state index contributed by atoms with van der Waals surface area (Å²) in [6.45, 7) is 7.00. The van der Waals surface area contributed by atoms with Crippen LogP contribution in [0.5, 0.6) is 0 Å². The van der Waals surface area contributed by atoms with Crippen molar-refractivity contribution < 1.29 is 4.74 Å². The normalized spacial score (nSPS) is 20.3. The molecule has 0 unspecified atom stereocenters. The lowest BCUT2D eigenvalue weighted by Crippen LogP contribution is -2.21. The highest BCUT2D eigenvalue weighted by molar-refractivity contribution is 5.25. The third-order valence-electron chi connectivity index (χ3n) is 4.41. The first-order valence-corrected chi connectivity index (χ1v) is 7.89. The van der Waals surface area contributed by atoms with Crippen molar-refractivity contribution in [3.05, 3.63) is 22.8 Å². The highest BCUT2D eigenvalue weighted by Crippen LogP contribution is 2.25. The summed E-state index contributed by atoms with van der Waals surface area (Å²) in [6.07, 6.45) is 5.85. The van der Waals surface area contributed by atoms with Gasteiger partial charge in [-0.2, -0.15) is 0 Å². The van der Waals surface area contributed by atoms with Crippen molar-refractivity contribution in [2.24, 2.45) is 0 Å². The van der Waals surface area contributed by atoms with Gasteiger partial charge in [0.1, 0.15) is 5.82 Å². The summed E-state index contributed by atoms with van der Waals surface area (Å²) in [5.74, 6) is 1.52. The molecule has 20 heavy (non-hydrogen) atoms. The number of ether oxygens (including phenoxy) is 1. The SMILES string of the molecule is Cc1nc(C2CCOCC2)nc(C)c1CCNC1CC1. The molecule has 0 atom stereocenters. The minimum atomic E-state index is 0.486. The van der Waals surface area contributed by atoms with E-state index in [9.17, 15) is 0 Å². The van der Waals surface area contributed by atoms with Gasteiger partial charge >= 0.3 is 0 Å². The van der Waals surface area contributed by atoms with Gasteiger partial charge in [0.15, 0.2) is 0 Å². The van der Waals surface area contributed by atoms with E-state index in [1.807, 2.05) is 0 Å². The van der Waals surface area contributed by atoms with Gasteiger partial charge in [0.2, 0.25) is 0 Å². The van der Waals surface area contributed by atoms with E-state index in [1.54, 1.807) is 0 Å². The first-order chi connectivity index (χ1) is 9.74. The molecule has 1 saturated carbocycles. The Balaban J connectivity index is 1.67. The van der Waals surface area contributed by atoms with Crippen LogP contribution >= 0.6 is 0 Å². The summed E-state index contributed by atoms with van der Waals surface area (Å²) >= 11 is 0. The molecule has 1 aromatic heterocycles. The summed E-state index contributed by atoms with van der Waals surface area (Å²) in [5, 5.41) is 3.57. The van der Waals surface area contributed by atoms with Crippen molar-refractivity contribution >= 4 is 0 Å². The highest BCUT2D eigenvalue weighted by Gasteiger charge is 2.22. The molecule has 0 spiro atoms. The third-order valence-corrected chi connectivity index (χ3v) is 4.41. The Hall–Kier alpha value is -1.00. The van der Waals surface area contributed by atoms with Gasteiger partial charge in [0, 0.05) is 36.6 Å². The molecule has 1 aliphatic heterocycles. The summed E-state index contributed by atoms with van der Waals surface area (Å²) in [7, 11) is 0. The topological polar surface area (TPSA) is 47.0 Å². The van der Waals surface area contributed by atoms with Crippen LogP contribution in [0.25, 0.3) is 0 Å². The van der Waals surface area contributed by atoms with Gasteiger partial charge in [-0.15, -0.1) is 0 Å². The Morgan fingerprint density at radius 1 is 1.05 bits per heavy atom. The van der Waals surface area contributed by atoms with Gasteiger partial charge in [-0.3, -0.25) is 0 Å².